The number of benzene rings is 2. The number of hydrogen-bond acceptors (Lipinski definition) is 8. The van der Waals surface area contributed by atoms with Gasteiger partial charge in [-0.3, -0.25) is 10.1 Å². The number of anilines is 1. The quantitative estimate of drug-likeness (QED) is 0.224. The molecule has 0 spiro atoms. The molecule has 40 heavy (non-hydrogen) atoms. The Morgan fingerprint density at radius 3 is 2.15 bits per heavy atom. The molecule has 1 aliphatic rings. The minimum atomic E-state index is -0.439. The molecule has 2 aromatic heterocycles. The van der Waals surface area contributed by atoms with Crippen molar-refractivity contribution in [3.8, 4) is 0 Å². The first-order valence-corrected chi connectivity index (χ1v) is 13.3. The van der Waals surface area contributed by atoms with Gasteiger partial charge in [0, 0.05) is 23.8 Å². The van der Waals surface area contributed by atoms with Crippen molar-refractivity contribution in [3.63, 3.8) is 0 Å². The fraction of sp³-hybridized carbons (Fsp3) is 0.310. The molecule has 0 bridgehead atoms. The Balaban J connectivity index is 1.37. The van der Waals surface area contributed by atoms with E-state index < -0.39 is 11.9 Å². The van der Waals surface area contributed by atoms with E-state index >= 15 is 0 Å². The second kappa shape index (κ2) is 11.8. The highest BCUT2D eigenvalue weighted by Crippen LogP contribution is 2.46. The van der Waals surface area contributed by atoms with Gasteiger partial charge in [0.25, 0.3) is 0 Å². The summed E-state index contributed by atoms with van der Waals surface area (Å²) in [5.74, 6) is -1.55. The van der Waals surface area contributed by atoms with Gasteiger partial charge < -0.3 is 14.0 Å². The molecule has 3 atom stereocenters. The second-order valence-corrected chi connectivity index (χ2v) is 10.3. The molecule has 1 N–H and O–H groups in total. The van der Waals surface area contributed by atoms with Crippen LogP contribution in [0.2, 0.25) is 5.15 Å². The number of halogens is 1. The molecule has 10 nitrogen and oxygen atoms in total. The summed E-state index contributed by atoms with van der Waals surface area (Å²) in [6.45, 7) is 3.79. The van der Waals surface area contributed by atoms with Crippen molar-refractivity contribution in [1.82, 2.24) is 19.5 Å². The minimum absolute atomic E-state index is 0.0730. The van der Waals surface area contributed by atoms with Crippen molar-refractivity contribution in [2.45, 2.75) is 26.3 Å². The van der Waals surface area contributed by atoms with E-state index in [2.05, 4.69) is 20.3 Å². The van der Waals surface area contributed by atoms with Gasteiger partial charge in [-0.1, -0.05) is 61.8 Å². The molecule has 0 aliphatic heterocycles. The highest BCUT2D eigenvalue weighted by atomic mass is 35.5. The summed E-state index contributed by atoms with van der Waals surface area (Å²) >= 11 is 6.38. The summed E-state index contributed by atoms with van der Waals surface area (Å²) in [4.78, 5) is 50.6. The molecule has 0 saturated heterocycles. The predicted molar refractivity (Wildman–Crippen MR) is 148 cm³/mol. The average molecular weight is 562 g/mol. The van der Waals surface area contributed by atoms with Crippen LogP contribution in [0.25, 0.3) is 11.2 Å². The number of carbonyl (C=O) groups excluding carboxylic acids is 3. The lowest BCUT2D eigenvalue weighted by Crippen LogP contribution is -2.44. The number of hydrogen-bond donors (Lipinski definition) is 1. The number of rotatable bonds is 9. The topological polar surface area (TPSA) is 125 Å². The highest BCUT2D eigenvalue weighted by molar-refractivity contribution is 6.33. The van der Waals surface area contributed by atoms with E-state index in [-0.39, 0.29) is 54.0 Å². The molecule has 2 heterocycles. The summed E-state index contributed by atoms with van der Waals surface area (Å²) in [6, 6.07) is 17.3. The van der Waals surface area contributed by atoms with Gasteiger partial charge >= 0.3 is 11.9 Å². The van der Waals surface area contributed by atoms with Crippen LogP contribution in [0.15, 0.2) is 67.0 Å². The van der Waals surface area contributed by atoms with E-state index in [4.69, 9.17) is 21.1 Å². The summed E-state index contributed by atoms with van der Waals surface area (Å²) in [6.07, 6.45) is 2.23. The van der Waals surface area contributed by atoms with Crippen LogP contribution in [0.1, 0.15) is 47.0 Å². The number of amides is 1. The molecule has 1 fully saturated rings. The maximum atomic E-state index is 12.7. The lowest BCUT2D eigenvalue weighted by Gasteiger charge is -2.44. The van der Waals surface area contributed by atoms with Gasteiger partial charge in [-0.05, 0) is 30.7 Å². The zero-order valence-electron chi connectivity index (χ0n) is 22.0. The van der Waals surface area contributed by atoms with Crippen molar-refractivity contribution in [2.24, 2.45) is 17.8 Å². The van der Waals surface area contributed by atoms with Gasteiger partial charge in [0.1, 0.15) is 5.52 Å². The predicted octanol–water partition coefficient (Wildman–Crippen LogP) is 4.97. The number of carbonyl (C=O) groups is 3. The summed E-state index contributed by atoms with van der Waals surface area (Å²) in [5.41, 5.74) is 1.75. The Kier molecular flexibility index (Phi) is 8.06. The first kappa shape index (κ1) is 27.3. The third-order valence-corrected chi connectivity index (χ3v) is 7.26. The molecular weight excluding hydrogens is 534 g/mol. The molecule has 2 aromatic carbocycles. The van der Waals surface area contributed by atoms with Crippen molar-refractivity contribution in [1.29, 1.82) is 0 Å². The molecule has 0 unspecified atom stereocenters. The largest absolute Gasteiger partial charge is 0.462 e. The minimum Gasteiger partial charge on any atom is -0.462 e. The Hall–Kier alpha value is -4.31. The molecule has 1 aliphatic carbocycles. The Bertz CT molecular complexity index is 1530. The van der Waals surface area contributed by atoms with Gasteiger partial charge in [0.2, 0.25) is 11.9 Å². The van der Waals surface area contributed by atoms with E-state index in [0.29, 0.717) is 28.7 Å². The molecule has 1 amide bonds. The SMILES string of the molecule is CC(C)C(=O)Nc1nc(Cl)c2ncn([C@@H]3C[C@H](COC(=O)c4ccccc4)[C@H]3COC(=O)c3ccccc3)c2n1. The van der Waals surface area contributed by atoms with Crippen LogP contribution in [0.4, 0.5) is 5.95 Å². The zero-order chi connectivity index (χ0) is 28.2. The Morgan fingerprint density at radius 2 is 1.55 bits per heavy atom. The van der Waals surface area contributed by atoms with Crippen LogP contribution < -0.4 is 5.32 Å². The lowest BCUT2D eigenvalue weighted by atomic mass is 9.69. The summed E-state index contributed by atoms with van der Waals surface area (Å²) in [7, 11) is 0. The first-order valence-electron chi connectivity index (χ1n) is 13.0. The van der Waals surface area contributed by atoms with Gasteiger partial charge in [0.15, 0.2) is 10.8 Å². The van der Waals surface area contributed by atoms with Crippen LogP contribution in [0, 0.1) is 17.8 Å². The molecule has 1 saturated carbocycles. The number of fused-ring (bicyclic) bond motifs is 1. The smallest absolute Gasteiger partial charge is 0.338 e. The standard InChI is InChI=1S/C29H28ClN5O5/c1-17(2)26(36)34-29-32-24(30)23-25(33-29)35(16-31-23)22-13-20(14-39-27(37)18-9-5-3-6-10-18)21(22)15-40-28(38)19-11-7-4-8-12-19/h3-12,16-17,20-22H,13-15H2,1-2H3,(H,32,33,34,36)/t20-,21-,22-/m1/s1. The van der Waals surface area contributed by atoms with Crippen molar-refractivity contribution in [2.75, 3.05) is 18.5 Å². The first-order chi connectivity index (χ1) is 19.3. The average Bonchev–Trinajstić information content (AvgIpc) is 3.37. The fourth-order valence-corrected chi connectivity index (χ4v) is 4.86. The van der Waals surface area contributed by atoms with Gasteiger partial charge in [-0.25, -0.2) is 14.6 Å². The maximum absolute atomic E-state index is 12.7. The Labute approximate surface area is 235 Å². The van der Waals surface area contributed by atoms with Gasteiger partial charge in [-0.15, -0.1) is 0 Å². The van der Waals surface area contributed by atoms with Crippen molar-refractivity contribution in [3.05, 3.63) is 83.3 Å². The molecule has 4 aromatic rings. The summed E-state index contributed by atoms with van der Waals surface area (Å²) in [5, 5.41) is 2.79. The van der Waals surface area contributed by atoms with E-state index in [1.165, 1.54) is 0 Å². The molecule has 5 rings (SSSR count). The van der Waals surface area contributed by atoms with Gasteiger partial charge in [-0.2, -0.15) is 9.97 Å². The number of aromatic nitrogens is 4. The monoisotopic (exact) mass is 561 g/mol. The highest BCUT2D eigenvalue weighted by Gasteiger charge is 2.44. The molecule has 11 heteroatoms. The van der Waals surface area contributed by atoms with Crippen LogP contribution in [0.3, 0.4) is 0 Å². The van der Waals surface area contributed by atoms with E-state index in [9.17, 15) is 14.4 Å². The van der Waals surface area contributed by atoms with Crippen LogP contribution in [-0.2, 0) is 14.3 Å². The van der Waals surface area contributed by atoms with Crippen LogP contribution >= 0.6 is 11.6 Å². The number of nitrogens with zero attached hydrogens (tertiary/aromatic N) is 4. The van der Waals surface area contributed by atoms with Crippen molar-refractivity contribution < 1.29 is 23.9 Å². The van der Waals surface area contributed by atoms with E-state index in [1.807, 2.05) is 16.7 Å². The second-order valence-electron chi connectivity index (χ2n) is 9.96. The van der Waals surface area contributed by atoms with Crippen molar-refractivity contribution >= 4 is 46.6 Å². The molecule has 0 radical (unpaired) electrons. The number of imidazole rings is 1. The number of nitrogens with one attached hydrogen (secondary N) is 1. The lowest BCUT2D eigenvalue weighted by molar-refractivity contribution is -0.118. The molecule has 206 valence electrons. The third-order valence-electron chi connectivity index (χ3n) is 6.99. The fourth-order valence-electron chi connectivity index (χ4n) is 4.64. The number of ether oxygens (including phenoxy) is 2. The Morgan fingerprint density at radius 1 is 0.950 bits per heavy atom. The zero-order valence-corrected chi connectivity index (χ0v) is 22.7. The van der Waals surface area contributed by atoms with Crippen LogP contribution in [0.5, 0.6) is 0 Å². The normalized spacial score (nSPS) is 18.2. The van der Waals surface area contributed by atoms with E-state index in [0.717, 1.165) is 0 Å². The maximum Gasteiger partial charge on any atom is 0.338 e. The number of esters is 2. The van der Waals surface area contributed by atoms with Crippen LogP contribution in [-0.4, -0.2) is 50.6 Å². The summed E-state index contributed by atoms with van der Waals surface area (Å²) < 4.78 is 13.2. The molecular formula is C29H28ClN5O5. The van der Waals surface area contributed by atoms with E-state index in [1.54, 1.807) is 68.7 Å². The third kappa shape index (κ3) is 5.81. The van der Waals surface area contributed by atoms with Gasteiger partial charge in [0.05, 0.1) is 30.7 Å².